The van der Waals surface area contributed by atoms with Crippen molar-refractivity contribution in [1.82, 2.24) is 4.90 Å². The highest BCUT2D eigenvalue weighted by atomic mass is 19.1. The van der Waals surface area contributed by atoms with Crippen LogP contribution in [-0.2, 0) is 11.2 Å². The molecule has 0 aromatic heterocycles. The molecule has 3 aromatic rings. The number of allylic oxidation sites excluding steroid dienone is 2. The van der Waals surface area contributed by atoms with Gasteiger partial charge in [-0.1, -0.05) is 36.4 Å². The molecule has 0 unspecified atom stereocenters. The number of rotatable bonds is 5. The Morgan fingerprint density at radius 1 is 0.972 bits per heavy atom. The van der Waals surface area contributed by atoms with E-state index in [2.05, 4.69) is 40.1 Å². The van der Waals surface area contributed by atoms with Gasteiger partial charge in [0.05, 0.1) is 6.54 Å². The molecule has 4 nitrogen and oxygen atoms in total. The molecule has 6 rings (SSSR count). The highest BCUT2D eigenvalue weighted by Crippen LogP contribution is 2.45. The number of hydrogen-bond donors (Lipinski definition) is 1. The van der Waals surface area contributed by atoms with E-state index in [1.54, 1.807) is 6.07 Å². The summed E-state index contributed by atoms with van der Waals surface area (Å²) in [5.41, 5.74) is 7.34. The van der Waals surface area contributed by atoms with Gasteiger partial charge >= 0.3 is 0 Å². The van der Waals surface area contributed by atoms with Gasteiger partial charge in [0.15, 0.2) is 0 Å². The van der Waals surface area contributed by atoms with Crippen LogP contribution in [0.25, 0.3) is 5.57 Å². The van der Waals surface area contributed by atoms with Gasteiger partial charge in [0.1, 0.15) is 17.9 Å². The number of likely N-dealkylation sites (tertiary alicyclic amines) is 1. The molecule has 1 spiro atoms. The number of anilines is 1. The first-order valence-electron chi connectivity index (χ1n) is 12.8. The van der Waals surface area contributed by atoms with E-state index in [0.29, 0.717) is 12.0 Å². The van der Waals surface area contributed by atoms with Gasteiger partial charge < -0.3 is 14.8 Å². The lowest BCUT2D eigenvalue weighted by molar-refractivity contribution is -0.112. The molecule has 36 heavy (non-hydrogen) atoms. The average Bonchev–Trinajstić information content (AvgIpc) is 2.88. The summed E-state index contributed by atoms with van der Waals surface area (Å²) in [5.74, 6) is 0.0744. The second-order valence-electron chi connectivity index (χ2n) is 10.6. The lowest BCUT2D eigenvalue weighted by atomic mass is 9.72. The summed E-state index contributed by atoms with van der Waals surface area (Å²) in [4.78, 5) is 15.5. The second kappa shape index (κ2) is 9.21. The minimum Gasteiger partial charge on any atom is -0.508 e. The van der Waals surface area contributed by atoms with E-state index >= 15 is 0 Å². The van der Waals surface area contributed by atoms with Gasteiger partial charge in [0.2, 0.25) is 0 Å². The van der Waals surface area contributed by atoms with Crippen LogP contribution >= 0.6 is 0 Å². The Balaban J connectivity index is 1.24. The van der Waals surface area contributed by atoms with Gasteiger partial charge in [-0.2, -0.15) is 0 Å². The summed E-state index contributed by atoms with van der Waals surface area (Å²) in [5, 5.41) is 10.1. The van der Waals surface area contributed by atoms with E-state index in [9.17, 15) is 14.3 Å². The molecule has 2 fully saturated rings. The summed E-state index contributed by atoms with van der Waals surface area (Å²) in [6, 6.07) is 21.3. The molecule has 1 N–H and O–H groups in total. The minimum atomic E-state index is -0.233. The van der Waals surface area contributed by atoms with Gasteiger partial charge in [-0.3, -0.25) is 4.90 Å². The van der Waals surface area contributed by atoms with Gasteiger partial charge in [0, 0.05) is 37.8 Å². The Kier molecular flexibility index (Phi) is 5.88. The van der Waals surface area contributed by atoms with Crippen molar-refractivity contribution in [3.63, 3.8) is 0 Å². The van der Waals surface area contributed by atoms with E-state index in [1.807, 2.05) is 24.3 Å². The lowest BCUT2D eigenvalue weighted by Crippen LogP contribution is -2.60. The Morgan fingerprint density at radius 3 is 2.39 bits per heavy atom. The van der Waals surface area contributed by atoms with Gasteiger partial charge in [-0.15, -0.1) is 0 Å². The predicted octanol–water partition coefficient (Wildman–Crippen LogP) is 5.40. The van der Waals surface area contributed by atoms with E-state index in [1.165, 1.54) is 47.4 Å². The van der Waals surface area contributed by atoms with Crippen LogP contribution in [0.5, 0.6) is 5.75 Å². The molecule has 3 aliphatic rings. The number of nitrogens with zero attached hydrogens (tertiary/aromatic N) is 2. The quantitative estimate of drug-likeness (QED) is 0.495. The van der Waals surface area contributed by atoms with Crippen molar-refractivity contribution < 1.29 is 14.3 Å². The summed E-state index contributed by atoms with van der Waals surface area (Å²) in [7, 11) is 0. The Bertz CT molecular complexity index is 1280. The number of aromatic hydroxyl groups is 1. The first-order valence-corrected chi connectivity index (χ1v) is 12.8. The highest BCUT2D eigenvalue weighted by molar-refractivity contribution is 5.78. The van der Waals surface area contributed by atoms with Crippen LogP contribution in [0.3, 0.4) is 0 Å². The lowest BCUT2D eigenvalue weighted by Gasteiger charge is -2.54. The monoisotopic (exact) mass is 482 g/mol. The fourth-order valence-corrected chi connectivity index (χ4v) is 6.41. The fraction of sp³-hybridized carbons (Fsp3) is 0.323. The predicted molar refractivity (Wildman–Crippen MR) is 141 cm³/mol. The van der Waals surface area contributed by atoms with Crippen molar-refractivity contribution in [3.8, 4) is 5.75 Å². The third-order valence-corrected chi connectivity index (χ3v) is 8.33. The molecule has 0 bridgehead atoms. The maximum absolute atomic E-state index is 13.6. The first kappa shape index (κ1) is 23.0. The summed E-state index contributed by atoms with van der Waals surface area (Å²) in [6.45, 7) is 4.74. The van der Waals surface area contributed by atoms with Crippen LogP contribution in [0.15, 0.2) is 72.8 Å². The van der Waals surface area contributed by atoms with Crippen molar-refractivity contribution in [3.05, 3.63) is 101 Å². The first-order chi connectivity index (χ1) is 17.5. The van der Waals surface area contributed by atoms with Crippen LogP contribution in [0.2, 0.25) is 0 Å². The molecule has 0 radical (unpaired) electrons. The molecule has 0 amide bonds. The van der Waals surface area contributed by atoms with Crippen LogP contribution in [0.1, 0.15) is 41.0 Å². The van der Waals surface area contributed by atoms with Crippen molar-refractivity contribution in [2.24, 2.45) is 5.41 Å². The molecule has 2 heterocycles. The zero-order valence-corrected chi connectivity index (χ0v) is 20.4. The molecule has 3 aromatic carbocycles. The SMILES string of the molecule is O=CCN1CC2(CCN(c3ccc([C@H]4C(c5ccc(F)cc5)=CCc5cc(O)ccc54)cc3)CC2)C1. The molecule has 1 aliphatic carbocycles. The van der Waals surface area contributed by atoms with Gasteiger partial charge in [-0.05, 0) is 88.9 Å². The second-order valence-corrected chi connectivity index (χ2v) is 10.6. The van der Waals surface area contributed by atoms with Crippen LogP contribution in [-0.4, -0.2) is 49.0 Å². The molecular weight excluding hydrogens is 451 g/mol. The molecule has 1 atom stereocenters. The standard InChI is InChI=1S/C31H31FN2O2/c32-25-6-1-22(2-7-25)28-11-5-24-19-27(36)10-12-29(24)30(28)23-3-8-26(9-4-23)34-15-13-31(14-16-34)20-33(21-31)17-18-35/h1-4,6-12,18-19,30,36H,5,13-17,20-21H2/t30-/m0/s1. The molecule has 184 valence electrons. The molecule has 2 saturated heterocycles. The van der Waals surface area contributed by atoms with Gasteiger partial charge in [-0.25, -0.2) is 4.39 Å². The van der Waals surface area contributed by atoms with E-state index in [4.69, 9.17) is 0 Å². The molecule has 2 aliphatic heterocycles. The number of carbonyl (C=O) groups excluding carboxylic acids is 1. The van der Waals surface area contributed by atoms with E-state index in [0.717, 1.165) is 50.0 Å². The number of phenols is 1. The van der Waals surface area contributed by atoms with Crippen molar-refractivity contribution >= 4 is 17.5 Å². The maximum Gasteiger partial charge on any atom is 0.133 e. The van der Waals surface area contributed by atoms with Crippen molar-refractivity contribution in [1.29, 1.82) is 0 Å². The van der Waals surface area contributed by atoms with Crippen molar-refractivity contribution in [2.75, 3.05) is 37.6 Å². The van der Waals surface area contributed by atoms with Crippen LogP contribution in [0, 0.1) is 11.2 Å². The van der Waals surface area contributed by atoms with Crippen LogP contribution in [0.4, 0.5) is 10.1 Å². The minimum absolute atomic E-state index is 0.0252. The van der Waals surface area contributed by atoms with Crippen LogP contribution < -0.4 is 4.90 Å². The molecule has 0 saturated carbocycles. The third kappa shape index (κ3) is 4.22. The number of aldehydes is 1. The number of fused-ring (bicyclic) bond motifs is 1. The number of halogens is 1. The Morgan fingerprint density at radius 2 is 1.69 bits per heavy atom. The Hall–Kier alpha value is -3.44. The number of phenolic OH excluding ortho intramolecular Hbond substituents is 1. The fourth-order valence-electron chi connectivity index (χ4n) is 6.41. The highest BCUT2D eigenvalue weighted by Gasteiger charge is 2.44. The average molecular weight is 483 g/mol. The largest absolute Gasteiger partial charge is 0.508 e. The number of carbonyl (C=O) groups is 1. The number of piperidine rings is 1. The zero-order valence-electron chi connectivity index (χ0n) is 20.4. The zero-order chi connectivity index (χ0) is 24.7. The van der Waals surface area contributed by atoms with E-state index < -0.39 is 0 Å². The summed E-state index contributed by atoms with van der Waals surface area (Å²) in [6.07, 6.45) is 6.30. The van der Waals surface area contributed by atoms with Crippen molar-refractivity contribution in [2.45, 2.75) is 25.2 Å². The maximum atomic E-state index is 13.6. The topological polar surface area (TPSA) is 43.8 Å². The smallest absolute Gasteiger partial charge is 0.133 e. The third-order valence-electron chi connectivity index (χ3n) is 8.33. The van der Waals surface area contributed by atoms with E-state index in [-0.39, 0.29) is 17.5 Å². The summed E-state index contributed by atoms with van der Waals surface area (Å²) >= 11 is 0. The molecular formula is C31H31FN2O2. The number of hydrogen-bond acceptors (Lipinski definition) is 4. The normalized spacial score (nSPS) is 21.0. The van der Waals surface area contributed by atoms with Gasteiger partial charge in [0.25, 0.3) is 0 Å². The Labute approximate surface area is 211 Å². The summed E-state index contributed by atoms with van der Waals surface area (Å²) < 4.78 is 13.6. The molecule has 5 heteroatoms. The number of benzene rings is 3.